The van der Waals surface area contributed by atoms with Crippen molar-refractivity contribution < 1.29 is 5.21 Å². The third-order valence-electron chi connectivity index (χ3n) is 2.54. The van der Waals surface area contributed by atoms with Crippen molar-refractivity contribution in [3.05, 3.63) is 12.7 Å². The van der Waals surface area contributed by atoms with Gasteiger partial charge in [-0.1, -0.05) is 12.5 Å². The van der Waals surface area contributed by atoms with E-state index in [0.717, 1.165) is 25.8 Å². The Morgan fingerprint density at radius 3 is 2.91 bits per heavy atom. The summed E-state index contributed by atoms with van der Waals surface area (Å²) in [4.78, 5) is 0. The molecular weight excluding hydrogens is 138 g/mol. The maximum Gasteiger partial charge on any atom is 0.0466 e. The van der Waals surface area contributed by atoms with Gasteiger partial charge in [0.25, 0.3) is 0 Å². The molecule has 0 spiro atoms. The first kappa shape index (κ1) is 8.75. The Morgan fingerprint density at radius 2 is 2.36 bits per heavy atom. The molecule has 1 aliphatic heterocycles. The minimum Gasteiger partial charge on any atom is -0.313 e. The fourth-order valence-corrected chi connectivity index (χ4v) is 1.68. The SMILES string of the molecule is C=CCC1(C)CCCCN1O. The van der Waals surface area contributed by atoms with Gasteiger partial charge in [0.2, 0.25) is 0 Å². The standard InChI is InChI=1S/C9H17NO/c1-3-6-9(2)7-4-5-8-10(9)11/h3,11H,1,4-8H2,2H3. The maximum absolute atomic E-state index is 9.54. The summed E-state index contributed by atoms with van der Waals surface area (Å²) < 4.78 is 0. The summed E-state index contributed by atoms with van der Waals surface area (Å²) in [6.07, 6.45) is 6.18. The van der Waals surface area contributed by atoms with E-state index in [1.807, 2.05) is 6.08 Å². The molecule has 1 saturated heterocycles. The summed E-state index contributed by atoms with van der Waals surface area (Å²) in [5, 5.41) is 11.0. The predicted octanol–water partition coefficient (Wildman–Crippen LogP) is 2.20. The number of nitrogens with zero attached hydrogens (tertiary/aromatic N) is 1. The summed E-state index contributed by atoms with van der Waals surface area (Å²) in [5.74, 6) is 0. The van der Waals surface area contributed by atoms with E-state index in [1.54, 1.807) is 0 Å². The lowest BCUT2D eigenvalue weighted by molar-refractivity contribution is -0.183. The average molecular weight is 155 g/mol. The highest BCUT2D eigenvalue weighted by molar-refractivity contribution is 4.91. The zero-order valence-electron chi connectivity index (χ0n) is 7.21. The molecule has 0 aromatic heterocycles. The van der Waals surface area contributed by atoms with Gasteiger partial charge in [-0.15, -0.1) is 6.58 Å². The monoisotopic (exact) mass is 155 g/mol. The molecule has 11 heavy (non-hydrogen) atoms. The maximum atomic E-state index is 9.54. The van der Waals surface area contributed by atoms with Crippen molar-refractivity contribution in [3.8, 4) is 0 Å². The molecule has 0 aromatic rings. The van der Waals surface area contributed by atoms with Crippen LogP contribution in [0, 0.1) is 0 Å². The van der Waals surface area contributed by atoms with Gasteiger partial charge in [0.1, 0.15) is 0 Å². The molecule has 1 aliphatic rings. The van der Waals surface area contributed by atoms with Gasteiger partial charge in [-0.3, -0.25) is 0 Å². The van der Waals surface area contributed by atoms with Crippen molar-refractivity contribution >= 4 is 0 Å². The molecule has 0 bridgehead atoms. The Labute approximate surface area is 68.5 Å². The summed E-state index contributed by atoms with van der Waals surface area (Å²) in [6.45, 7) is 6.60. The molecule has 64 valence electrons. The molecule has 1 rings (SSSR count). The van der Waals surface area contributed by atoms with Crippen molar-refractivity contribution in [2.75, 3.05) is 6.54 Å². The van der Waals surface area contributed by atoms with Crippen molar-refractivity contribution in [2.24, 2.45) is 0 Å². The van der Waals surface area contributed by atoms with Crippen LogP contribution >= 0.6 is 0 Å². The van der Waals surface area contributed by atoms with Gasteiger partial charge in [-0.2, -0.15) is 5.06 Å². The van der Waals surface area contributed by atoms with E-state index in [9.17, 15) is 5.21 Å². The van der Waals surface area contributed by atoms with Crippen LogP contribution in [0.25, 0.3) is 0 Å². The quantitative estimate of drug-likeness (QED) is 0.618. The van der Waals surface area contributed by atoms with Gasteiger partial charge in [-0.05, 0) is 26.2 Å². The van der Waals surface area contributed by atoms with Crippen LogP contribution in [0.1, 0.15) is 32.6 Å². The molecule has 1 unspecified atom stereocenters. The molecule has 0 amide bonds. The molecule has 0 aromatic carbocycles. The van der Waals surface area contributed by atoms with Crippen LogP contribution in [0.15, 0.2) is 12.7 Å². The molecule has 1 heterocycles. The molecule has 1 N–H and O–H groups in total. The van der Waals surface area contributed by atoms with Crippen LogP contribution in [0.4, 0.5) is 0 Å². The van der Waals surface area contributed by atoms with Crippen molar-refractivity contribution in [1.29, 1.82) is 0 Å². The lowest BCUT2D eigenvalue weighted by Gasteiger charge is -2.40. The van der Waals surface area contributed by atoms with E-state index in [4.69, 9.17) is 0 Å². The lowest BCUT2D eigenvalue weighted by atomic mass is 9.87. The van der Waals surface area contributed by atoms with Crippen LogP contribution in [0.2, 0.25) is 0 Å². The predicted molar refractivity (Wildman–Crippen MR) is 45.6 cm³/mol. The number of hydroxylamine groups is 2. The van der Waals surface area contributed by atoms with E-state index >= 15 is 0 Å². The number of hydrogen-bond donors (Lipinski definition) is 1. The Bertz CT molecular complexity index is 146. The van der Waals surface area contributed by atoms with Crippen LogP contribution < -0.4 is 0 Å². The molecule has 2 heteroatoms. The Kier molecular flexibility index (Phi) is 2.68. The Morgan fingerprint density at radius 1 is 1.64 bits per heavy atom. The average Bonchev–Trinajstić information content (AvgIpc) is 1.96. The summed E-state index contributed by atoms with van der Waals surface area (Å²) in [7, 11) is 0. The van der Waals surface area contributed by atoms with E-state index in [2.05, 4.69) is 13.5 Å². The second-order valence-corrected chi connectivity index (χ2v) is 3.57. The molecule has 0 aliphatic carbocycles. The first-order valence-electron chi connectivity index (χ1n) is 4.26. The second-order valence-electron chi connectivity index (χ2n) is 3.57. The highest BCUT2D eigenvalue weighted by atomic mass is 16.5. The number of hydrogen-bond acceptors (Lipinski definition) is 2. The largest absolute Gasteiger partial charge is 0.313 e. The zero-order chi connectivity index (χ0) is 8.32. The summed E-state index contributed by atoms with van der Waals surface area (Å²) in [6, 6.07) is 0. The van der Waals surface area contributed by atoms with Crippen LogP contribution in [-0.2, 0) is 0 Å². The lowest BCUT2D eigenvalue weighted by Crippen LogP contribution is -2.47. The first-order valence-corrected chi connectivity index (χ1v) is 4.26. The van der Waals surface area contributed by atoms with Gasteiger partial charge < -0.3 is 5.21 Å². The van der Waals surface area contributed by atoms with Crippen molar-refractivity contribution in [1.82, 2.24) is 5.06 Å². The highest BCUT2D eigenvalue weighted by Gasteiger charge is 2.31. The van der Waals surface area contributed by atoms with Gasteiger partial charge in [0.05, 0.1) is 0 Å². The Hall–Kier alpha value is -0.340. The van der Waals surface area contributed by atoms with Crippen LogP contribution in [0.3, 0.4) is 0 Å². The molecular formula is C9H17NO. The third-order valence-corrected chi connectivity index (χ3v) is 2.54. The summed E-state index contributed by atoms with van der Waals surface area (Å²) in [5.41, 5.74) is -0.0417. The van der Waals surface area contributed by atoms with Crippen LogP contribution in [0.5, 0.6) is 0 Å². The van der Waals surface area contributed by atoms with Gasteiger partial charge in [0.15, 0.2) is 0 Å². The van der Waals surface area contributed by atoms with E-state index in [0.29, 0.717) is 0 Å². The van der Waals surface area contributed by atoms with Gasteiger partial charge >= 0.3 is 0 Å². The number of rotatable bonds is 2. The third kappa shape index (κ3) is 1.82. The zero-order valence-corrected chi connectivity index (χ0v) is 7.21. The Balaban J connectivity index is 2.56. The molecule has 2 nitrogen and oxygen atoms in total. The molecule has 1 atom stereocenters. The summed E-state index contributed by atoms with van der Waals surface area (Å²) >= 11 is 0. The molecule has 1 fully saturated rings. The minimum absolute atomic E-state index is 0.0417. The molecule has 0 radical (unpaired) electrons. The van der Waals surface area contributed by atoms with Crippen molar-refractivity contribution in [2.45, 2.75) is 38.1 Å². The normalized spacial score (nSPS) is 33.6. The second kappa shape index (κ2) is 3.37. The van der Waals surface area contributed by atoms with Gasteiger partial charge in [-0.25, -0.2) is 0 Å². The highest BCUT2D eigenvalue weighted by Crippen LogP contribution is 2.29. The smallest absolute Gasteiger partial charge is 0.0466 e. The fourth-order valence-electron chi connectivity index (χ4n) is 1.68. The van der Waals surface area contributed by atoms with Crippen LogP contribution in [-0.4, -0.2) is 22.4 Å². The van der Waals surface area contributed by atoms with Gasteiger partial charge in [0, 0.05) is 12.1 Å². The van der Waals surface area contributed by atoms with Crippen molar-refractivity contribution in [3.63, 3.8) is 0 Å². The number of piperidine rings is 1. The minimum atomic E-state index is -0.0417. The van der Waals surface area contributed by atoms with E-state index in [1.165, 1.54) is 11.5 Å². The molecule has 0 saturated carbocycles. The van der Waals surface area contributed by atoms with E-state index in [-0.39, 0.29) is 5.54 Å². The van der Waals surface area contributed by atoms with E-state index < -0.39 is 0 Å². The topological polar surface area (TPSA) is 23.5 Å². The first-order chi connectivity index (χ1) is 5.19. The fraction of sp³-hybridized carbons (Fsp3) is 0.778.